The molecule has 0 aliphatic heterocycles. The zero-order valence-corrected chi connectivity index (χ0v) is 8.70. The van der Waals surface area contributed by atoms with Crippen LogP contribution in [0.3, 0.4) is 0 Å². The molecule has 0 radical (unpaired) electrons. The lowest BCUT2D eigenvalue weighted by molar-refractivity contribution is 0.620. The Bertz CT molecular complexity index is 288. The van der Waals surface area contributed by atoms with Crippen molar-refractivity contribution in [3.8, 4) is 0 Å². The SMILES string of the molecule is CCC(N)CN(C)c1cccc(F)c1. The second-order valence-electron chi connectivity index (χ2n) is 3.53. The third kappa shape index (κ3) is 3.00. The van der Waals surface area contributed by atoms with Gasteiger partial charge in [-0.15, -0.1) is 0 Å². The van der Waals surface area contributed by atoms with Crippen LogP contribution in [-0.4, -0.2) is 19.6 Å². The fourth-order valence-electron chi connectivity index (χ4n) is 1.30. The van der Waals surface area contributed by atoms with Gasteiger partial charge in [-0.05, 0) is 24.6 Å². The van der Waals surface area contributed by atoms with E-state index in [0.29, 0.717) is 0 Å². The Morgan fingerprint density at radius 2 is 2.21 bits per heavy atom. The Morgan fingerprint density at radius 1 is 1.50 bits per heavy atom. The van der Waals surface area contributed by atoms with E-state index in [2.05, 4.69) is 0 Å². The zero-order chi connectivity index (χ0) is 10.6. The number of nitrogens with two attached hydrogens (primary N) is 1. The van der Waals surface area contributed by atoms with Gasteiger partial charge in [0.05, 0.1) is 0 Å². The largest absolute Gasteiger partial charge is 0.373 e. The molecule has 14 heavy (non-hydrogen) atoms. The zero-order valence-electron chi connectivity index (χ0n) is 8.70. The predicted molar refractivity (Wildman–Crippen MR) is 57.9 cm³/mol. The molecule has 1 aromatic carbocycles. The van der Waals surface area contributed by atoms with E-state index in [4.69, 9.17) is 5.73 Å². The van der Waals surface area contributed by atoms with E-state index in [1.165, 1.54) is 12.1 Å². The van der Waals surface area contributed by atoms with Crippen LogP contribution in [0.15, 0.2) is 24.3 Å². The molecule has 2 nitrogen and oxygen atoms in total. The molecule has 1 atom stereocenters. The Morgan fingerprint density at radius 3 is 2.79 bits per heavy atom. The first-order valence-electron chi connectivity index (χ1n) is 4.85. The smallest absolute Gasteiger partial charge is 0.125 e. The fourth-order valence-corrected chi connectivity index (χ4v) is 1.30. The molecule has 1 unspecified atom stereocenters. The molecular formula is C11H17FN2. The number of hydrogen-bond acceptors (Lipinski definition) is 2. The number of rotatable bonds is 4. The van der Waals surface area contributed by atoms with Crippen molar-refractivity contribution >= 4 is 5.69 Å². The summed E-state index contributed by atoms with van der Waals surface area (Å²) in [6.07, 6.45) is 0.930. The summed E-state index contributed by atoms with van der Waals surface area (Å²) < 4.78 is 12.9. The van der Waals surface area contributed by atoms with Gasteiger partial charge in [-0.1, -0.05) is 13.0 Å². The van der Waals surface area contributed by atoms with Crippen molar-refractivity contribution in [3.05, 3.63) is 30.1 Å². The van der Waals surface area contributed by atoms with Gasteiger partial charge in [-0.3, -0.25) is 0 Å². The van der Waals surface area contributed by atoms with Crippen LogP contribution < -0.4 is 10.6 Å². The highest BCUT2D eigenvalue weighted by Crippen LogP contribution is 2.13. The summed E-state index contributed by atoms with van der Waals surface area (Å²) in [5, 5.41) is 0. The van der Waals surface area contributed by atoms with Gasteiger partial charge in [-0.25, -0.2) is 4.39 Å². The van der Waals surface area contributed by atoms with Gasteiger partial charge >= 0.3 is 0 Å². The minimum Gasteiger partial charge on any atom is -0.373 e. The molecule has 0 aromatic heterocycles. The highest BCUT2D eigenvalue weighted by Gasteiger charge is 2.05. The first-order chi connectivity index (χ1) is 6.63. The molecule has 0 aliphatic rings. The van der Waals surface area contributed by atoms with E-state index in [1.54, 1.807) is 6.07 Å². The van der Waals surface area contributed by atoms with Crippen LogP contribution in [0.4, 0.5) is 10.1 Å². The molecule has 0 aliphatic carbocycles. The van der Waals surface area contributed by atoms with Gasteiger partial charge in [0, 0.05) is 25.3 Å². The monoisotopic (exact) mass is 196 g/mol. The van der Waals surface area contributed by atoms with Gasteiger partial charge in [0.2, 0.25) is 0 Å². The normalized spacial score (nSPS) is 12.6. The number of likely N-dealkylation sites (N-methyl/N-ethyl adjacent to an activating group) is 1. The van der Waals surface area contributed by atoms with E-state index in [9.17, 15) is 4.39 Å². The molecule has 2 N–H and O–H groups in total. The number of anilines is 1. The van der Waals surface area contributed by atoms with Crippen molar-refractivity contribution in [3.63, 3.8) is 0 Å². The maximum absolute atomic E-state index is 12.9. The van der Waals surface area contributed by atoms with Crippen LogP contribution in [0.1, 0.15) is 13.3 Å². The third-order valence-corrected chi connectivity index (χ3v) is 2.28. The topological polar surface area (TPSA) is 29.3 Å². The maximum atomic E-state index is 12.9. The molecule has 0 bridgehead atoms. The van der Waals surface area contributed by atoms with Crippen LogP contribution in [0.5, 0.6) is 0 Å². The summed E-state index contributed by atoms with van der Waals surface area (Å²) >= 11 is 0. The first-order valence-corrected chi connectivity index (χ1v) is 4.85. The number of nitrogens with zero attached hydrogens (tertiary/aromatic N) is 1. The van der Waals surface area contributed by atoms with Crippen LogP contribution in [-0.2, 0) is 0 Å². The third-order valence-electron chi connectivity index (χ3n) is 2.28. The standard InChI is InChI=1S/C11H17FN2/c1-3-10(13)8-14(2)11-6-4-5-9(12)7-11/h4-7,10H,3,8,13H2,1-2H3. The van der Waals surface area contributed by atoms with Crippen molar-refractivity contribution in [2.45, 2.75) is 19.4 Å². The van der Waals surface area contributed by atoms with E-state index < -0.39 is 0 Å². The van der Waals surface area contributed by atoms with E-state index in [-0.39, 0.29) is 11.9 Å². The Balaban J connectivity index is 2.64. The molecule has 0 fully saturated rings. The highest BCUT2D eigenvalue weighted by molar-refractivity contribution is 5.45. The molecule has 0 spiro atoms. The van der Waals surface area contributed by atoms with E-state index >= 15 is 0 Å². The number of hydrogen-bond donors (Lipinski definition) is 1. The first kappa shape index (κ1) is 11.0. The number of halogens is 1. The Hall–Kier alpha value is -1.09. The van der Waals surface area contributed by atoms with Crippen molar-refractivity contribution < 1.29 is 4.39 Å². The lowest BCUT2D eigenvalue weighted by Gasteiger charge is -2.22. The predicted octanol–water partition coefficient (Wildman–Crippen LogP) is 2.00. The van der Waals surface area contributed by atoms with Gasteiger partial charge in [0.25, 0.3) is 0 Å². The Kier molecular flexibility index (Phi) is 3.89. The summed E-state index contributed by atoms with van der Waals surface area (Å²) in [5.41, 5.74) is 6.68. The summed E-state index contributed by atoms with van der Waals surface area (Å²) in [5.74, 6) is -0.209. The molecule has 1 rings (SSSR count). The second-order valence-corrected chi connectivity index (χ2v) is 3.53. The van der Waals surface area contributed by atoms with Crippen LogP contribution in [0, 0.1) is 5.82 Å². The molecule has 0 amide bonds. The van der Waals surface area contributed by atoms with Crippen molar-refractivity contribution in [1.82, 2.24) is 0 Å². The molecule has 78 valence electrons. The minimum atomic E-state index is -0.209. The average molecular weight is 196 g/mol. The van der Waals surface area contributed by atoms with Crippen molar-refractivity contribution in [2.75, 3.05) is 18.5 Å². The van der Waals surface area contributed by atoms with Crippen molar-refractivity contribution in [1.29, 1.82) is 0 Å². The molecule has 0 saturated heterocycles. The van der Waals surface area contributed by atoms with Crippen LogP contribution in [0.2, 0.25) is 0 Å². The van der Waals surface area contributed by atoms with E-state index in [1.807, 2.05) is 24.9 Å². The lowest BCUT2D eigenvalue weighted by Crippen LogP contribution is -2.34. The second kappa shape index (κ2) is 4.96. The summed E-state index contributed by atoms with van der Waals surface area (Å²) in [4.78, 5) is 1.97. The maximum Gasteiger partial charge on any atom is 0.125 e. The summed E-state index contributed by atoms with van der Waals surface area (Å²) in [6, 6.07) is 6.69. The van der Waals surface area contributed by atoms with Gasteiger partial charge in [0.15, 0.2) is 0 Å². The summed E-state index contributed by atoms with van der Waals surface area (Å²) in [6.45, 7) is 2.80. The fraction of sp³-hybridized carbons (Fsp3) is 0.455. The quantitative estimate of drug-likeness (QED) is 0.798. The van der Waals surface area contributed by atoms with Crippen LogP contribution >= 0.6 is 0 Å². The molecule has 0 saturated carbocycles. The molecule has 3 heteroatoms. The molecule has 0 heterocycles. The van der Waals surface area contributed by atoms with E-state index in [0.717, 1.165) is 18.7 Å². The number of benzene rings is 1. The van der Waals surface area contributed by atoms with Crippen LogP contribution in [0.25, 0.3) is 0 Å². The average Bonchev–Trinajstić information content (AvgIpc) is 2.17. The lowest BCUT2D eigenvalue weighted by atomic mass is 10.2. The minimum absolute atomic E-state index is 0.142. The summed E-state index contributed by atoms with van der Waals surface area (Å²) in [7, 11) is 1.92. The molecular weight excluding hydrogens is 179 g/mol. The highest BCUT2D eigenvalue weighted by atomic mass is 19.1. The van der Waals surface area contributed by atoms with Gasteiger partial charge < -0.3 is 10.6 Å². The van der Waals surface area contributed by atoms with Gasteiger partial charge in [0.1, 0.15) is 5.82 Å². The molecule has 1 aromatic rings. The Labute approximate surface area is 84.5 Å². The van der Waals surface area contributed by atoms with Crippen molar-refractivity contribution in [2.24, 2.45) is 5.73 Å². The van der Waals surface area contributed by atoms with Gasteiger partial charge in [-0.2, -0.15) is 0 Å².